The van der Waals surface area contributed by atoms with Gasteiger partial charge in [0.05, 0.1) is 12.3 Å². The van der Waals surface area contributed by atoms with Crippen LogP contribution < -0.4 is 10.5 Å². The molecule has 0 amide bonds. The van der Waals surface area contributed by atoms with Crippen molar-refractivity contribution in [1.29, 1.82) is 0 Å². The molecule has 2 heterocycles. The van der Waals surface area contributed by atoms with E-state index in [1.807, 2.05) is 41.1 Å². The van der Waals surface area contributed by atoms with E-state index in [-0.39, 0.29) is 0 Å². The second kappa shape index (κ2) is 6.41. The number of benzene rings is 1. The molecule has 2 N–H and O–H groups in total. The van der Waals surface area contributed by atoms with E-state index < -0.39 is 0 Å². The van der Waals surface area contributed by atoms with Crippen LogP contribution in [0, 0.1) is 0 Å². The minimum absolute atomic E-state index is 0.637. The van der Waals surface area contributed by atoms with Gasteiger partial charge in [-0.05, 0) is 24.4 Å². The molecule has 0 radical (unpaired) electrons. The zero-order chi connectivity index (χ0) is 15.7. The van der Waals surface area contributed by atoms with Gasteiger partial charge in [-0.15, -0.1) is 34.5 Å². The number of nitrogens with two attached hydrogens (primary N) is 1. The first-order valence-electron chi connectivity index (χ1n) is 6.72. The van der Waals surface area contributed by atoms with E-state index in [1.165, 1.54) is 0 Å². The van der Waals surface area contributed by atoms with Crippen LogP contribution in [0.4, 0.5) is 5.69 Å². The molecule has 0 aliphatic rings. The van der Waals surface area contributed by atoms with Gasteiger partial charge < -0.3 is 14.9 Å². The van der Waals surface area contributed by atoms with E-state index >= 15 is 0 Å². The van der Waals surface area contributed by atoms with E-state index in [2.05, 4.69) is 39.5 Å². The third-order valence-corrected chi connectivity index (χ3v) is 4.14. The summed E-state index contributed by atoms with van der Waals surface area (Å²) in [4.78, 5) is 6.16. The number of hydrogen-bond acceptors (Lipinski definition) is 5. The molecule has 3 rings (SSSR count). The molecule has 22 heavy (non-hydrogen) atoms. The van der Waals surface area contributed by atoms with Crippen molar-refractivity contribution in [3.63, 3.8) is 0 Å². The van der Waals surface area contributed by atoms with Crippen molar-refractivity contribution in [2.45, 2.75) is 9.79 Å². The Morgan fingerprint density at radius 3 is 2.64 bits per heavy atom. The topological polar surface area (TPSA) is 52.5 Å². The van der Waals surface area contributed by atoms with Crippen LogP contribution in [0.2, 0.25) is 0 Å². The second-order valence-electron chi connectivity index (χ2n) is 4.83. The Bertz CT molecular complexity index is 812. The van der Waals surface area contributed by atoms with Gasteiger partial charge in [0, 0.05) is 39.5 Å². The number of pyridine rings is 1. The average Bonchev–Trinajstić information content (AvgIpc) is 2.86. The predicted molar refractivity (Wildman–Crippen MR) is 99.6 cm³/mol. The van der Waals surface area contributed by atoms with E-state index in [1.54, 1.807) is 0 Å². The summed E-state index contributed by atoms with van der Waals surface area (Å²) in [5.41, 5.74) is 8.96. The van der Waals surface area contributed by atoms with Gasteiger partial charge in [0.15, 0.2) is 0 Å². The molecular weight excluding hydrogens is 333 g/mol. The summed E-state index contributed by atoms with van der Waals surface area (Å²) in [7, 11) is 2.63. The summed E-state index contributed by atoms with van der Waals surface area (Å²) < 4.78 is 7.54. The maximum Gasteiger partial charge on any atom is 0.139 e. The lowest BCUT2D eigenvalue weighted by Crippen LogP contribution is -1.98. The van der Waals surface area contributed by atoms with Crippen molar-refractivity contribution in [1.82, 2.24) is 9.38 Å². The summed E-state index contributed by atoms with van der Waals surface area (Å²) >= 11 is 9.13. The van der Waals surface area contributed by atoms with E-state index in [0.29, 0.717) is 12.3 Å². The Balaban J connectivity index is 2.05. The van der Waals surface area contributed by atoms with E-state index in [9.17, 15) is 0 Å². The minimum Gasteiger partial charge on any atom is -0.493 e. The summed E-state index contributed by atoms with van der Waals surface area (Å²) in [6.07, 6.45) is 4.69. The van der Waals surface area contributed by atoms with Crippen LogP contribution in [-0.4, -0.2) is 22.2 Å². The third-order valence-electron chi connectivity index (χ3n) is 3.20. The number of thiol groups is 2. The first kappa shape index (κ1) is 15.5. The highest BCUT2D eigenvalue weighted by molar-refractivity contribution is 7.81. The van der Waals surface area contributed by atoms with Crippen LogP contribution in [-0.2, 0) is 0 Å². The van der Waals surface area contributed by atoms with Crippen molar-refractivity contribution in [3.8, 4) is 17.0 Å². The molecule has 2 aromatic heterocycles. The highest BCUT2D eigenvalue weighted by Crippen LogP contribution is 2.35. The first-order valence-corrected chi connectivity index (χ1v) is 8.43. The van der Waals surface area contributed by atoms with Crippen LogP contribution in [0.1, 0.15) is 0 Å². The standard InChI is InChI=1S/C15H16N3OPS2/c16-9-1-2-18-8-11(17-14(18)5-9)15-12(21)6-10(7-13(15)22)19-3-4-20/h1-2,5-8,21-22H,3-4,16,20H2. The molecule has 1 aromatic carbocycles. The Morgan fingerprint density at radius 2 is 1.95 bits per heavy atom. The van der Waals surface area contributed by atoms with E-state index in [4.69, 9.17) is 10.5 Å². The molecule has 3 aromatic rings. The van der Waals surface area contributed by atoms with Crippen molar-refractivity contribution in [2.75, 3.05) is 18.5 Å². The fraction of sp³-hybridized carbons (Fsp3) is 0.133. The average molecular weight is 349 g/mol. The fourth-order valence-corrected chi connectivity index (χ4v) is 3.16. The van der Waals surface area contributed by atoms with Gasteiger partial charge in [-0.2, -0.15) is 0 Å². The lowest BCUT2D eigenvalue weighted by molar-refractivity contribution is 0.342. The zero-order valence-electron chi connectivity index (χ0n) is 11.7. The molecule has 0 saturated carbocycles. The molecule has 1 atom stereocenters. The number of nitrogen functional groups attached to an aromatic ring is 1. The third kappa shape index (κ3) is 3.05. The molecule has 0 aliphatic carbocycles. The minimum atomic E-state index is 0.637. The fourth-order valence-electron chi connectivity index (χ4n) is 2.23. The Labute approximate surface area is 142 Å². The monoisotopic (exact) mass is 349 g/mol. The highest BCUT2D eigenvalue weighted by atomic mass is 32.1. The van der Waals surface area contributed by atoms with Crippen LogP contribution in [0.25, 0.3) is 16.9 Å². The number of aromatic nitrogens is 2. The summed E-state index contributed by atoms with van der Waals surface area (Å²) in [6, 6.07) is 7.44. The predicted octanol–water partition coefficient (Wildman–Crippen LogP) is 3.41. The normalized spacial score (nSPS) is 11.0. The molecule has 114 valence electrons. The van der Waals surface area contributed by atoms with Crippen molar-refractivity contribution < 1.29 is 4.74 Å². The van der Waals surface area contributed by atoms with Crippen molar-refractivity contribution in [2.24, 2.45) is 0 Å². The molecule has 0 spiro atoms. The highest BCUT2D eigenvalue weighted by Gasteiger charge is 2.13. The van der Waals surface area contributed by atoms with Crippen molar-refractivity contribution >= 4 is 45.8 Å². The van der Waals surface area contributed by atoms with Gasteiger partial charge in [0.25, 0.3) is 0 Å². The van der Waals surface area contributed by atoms with Gasteiger partial charge in [-0.25, -0.2) is 4.98 Å². The number of rotatable bonds is 4. The van der Waals surface area contributed by atoms with Crippen molar-refractivity contribution in [3.05, 3.63) is 36.7 Å². The second-order valence-corrected chi connectivity index (χ2v) is 6.37. The van der Waals surface area contributed by atoms with Gasteiger partial charge in [-0.3, -0.25) is 0 Å². The zero-order valence-corrected chi connectivity index (χ0v) is 14.7. The Hall–Kier alpha value is -1.36. The number of imidazole rings is 1. The molecule has 7 heteroatoms. The summed E-state index contributed by atoms with van der Waals surface area (Å²) in [5.74, 6) is 0.759. The molecule has 0 aliphatic heterocycles. The molecular formula is C15H16N3OPS2. The van der Waals surface area contributed by atoms with Crippen LogP contribution in [0.15, 0.2) is 46.5 Å². The Morgan fingerprint density at radius 1 is 1.23 bits per heavy atom. The van der Waals surface area contributed by atoms with Gasteiger partial charge in [0.1, 0.15) is 11.4 Å². The number of nitrogens with zero attached hydrogens (tertiary/aromatic N) is 2. The first-order chi connectivity index (χ1) is 10.6. The number of ether oxygens (including phenoxy) is 1. The number of fused-ring (bicyclic) bond motifs is 1. The largest absolute Gasteiger partial charge is 0.493 e. The van der Waals surface area contributed by atoms with E-state index in [0.717, 1.165) is 38.6 Å². The lowest BCUT2D eigenvalue weighted by atomic mass is 10.1. The van der Waals surface area contributed by atoms with Gasteiger partial charge >= 0.3 is 0 Å². The molecule has 1 unspecified atom stereocenters. The SMILES string of the molecule is Nc1ccn2cc(-c3c(S)cc(OCCP)cc3S)nc2c1. The maximum atomic E-state index is 5.80. The van der Waals surface area contributed by atoms with Crippen LogP contribution in [0.3, 0.4) is 0 Å². The smallest absolute Gasteiger partial charge is 0.139 e. The van der Waals surface area contributed by atoms with Gasteiger partial charge in [-0.1, -0.05) is 0 Å². The van der Waals surface area contributed by atoms with Gasteiger partial charge in [0.2, 0.25) is 0 Å². The maximum absolute atomic E-state index is 5.80. The number of anilines is 1. The van der Waals surface area contributed by atoms with Crippen LogP contribution >= 0.6 is 34.5 Å². The van der Waals surface area contributed by atoms with Crippen LogP contribution in [0.5, 0.6) is 5.75 Å². The quantitative estimate of drug-likeness (QED) is 0.500. The summed E-state index contributed by atoms with van der Waals surface area (Å²) in [5, 5.41) is 0. The number of hydrogen-bond donors (Lipinski definition) is 3. The molecule has 0 saturated heterocycles. The molecule has 0 fully saturated rings. The lowest BCUT2D eigenvalue weighted by Gasteiger charge is -2.10. The molecule has 0 bridgehead atoms. The molecule has 4 nitrogen and oxygen atoms in total. The Kier molecular flexibility index (Phi) is 4.52. The summed E-state index contributed by atoms with van der Waals surface area (Å²) in [6.45, 7) is 0.637.